The Labute approximate surface area is 233 Å². The van der Waals surface area contributed by atoms with E-state index >= 15 is 0 Å². The van der Waals surface area contributed by atoms with Gasteiger partial charge in [0.25, 0.3) is 5.91 Å². The third kappa shape index (κ3) is 8.54. The van der Waals surface area contributed by atoms with E-state index in [1.54, 1.807) is 32.1 Å². The van der Waals surface area contributed by atoms with E-state index in [0.29, 0.717) is 29.2 Å². The highest BCUT2D eigenvalue weighted by Crippen LogP contribution is 2.34. The average molecular weight is 556 g/mol. The molecule has 1 fully saturated rings. The van der Waals surface area contributed by atoms with Crippen LogP contribution < -0.4 is 10.5 Å². The van der Waals surface area contributed by atoms with Crippen LogP contribution >= 0.6 is 0 Å². The first kappa shape index (κ1) is 30.6. The molecule has 7 nitrogen and oxygen atoms in total. The lowest BCUT2D eigenvalue weighted by atomic mass is 9.88. The Kier molecular flexibility index (Phi) is 10.3. The molecular formula is C30H36F3N5O2. The second-order valence-electron chi connectivity index (χ2n) is 10.0. The van der Waals surface area contributed by atoms with Gasteiger partial charge in [-0.15, -0.1) is 13.2 Å². The maximum atomic E-state index is 13.1. The van der Waals surface area contributed by atoms with Crippen molar-refractivity contribution < 1.29 is 22.7 Å². The summed E-state index contributed by atoms with van der Waals surface area (Å²) in [7, 11) is 5.04. The van der Waals surface area contributed by atoms with Crippen molar-refractivity contribution in [2.24, 2.45) is 4.99 Å². The minimum Gasteiger partial charge on any atom is -0.387 e. The molecule has 0 radical (unpaired) electrons. The molecule has 2 N–H and O–H groups in total. The number of alkyl halides is 3. The molecule has 1 aromatic heterocycles. The molecular weight excluding hydrogens is 519 g/mol. The van der Waals surface area contributed by atoms with Crippen molar-refractivity contribution in [1.82, 2.24) is 14.8 Å². The maximum Gasteiger partial charge on any atom is 0.574 e. The second kappa shape index (κ2) is 13.4. The molecule has 214 valence electrons. The largest absolute Gasteiger partial charge is 0.574 e. The summed E-state index contributed by atoms with van der Waals surface area (Å²) in [4.78, 5) is 23.8. The van der Waals surface area contributed by atoms with Gasteiger partial charge in [0.15, 0.2) is 0 Å². The fourth-order valence-corrected chi connectivity index (χ4v) is 4.72. The number of rotatable bonds is 9. The van der Waals surface area contributed by atoms with Crippen LogP contribution in [0.4, 0.5) is 19.0 Å². The number of hydrogen-bond acceptors (Lipinski definition) is 6. The zero-order valence-electron chi connectivity index (χ0n) is 23.3. The van der Waals surface area contributed by atoms with Crippen LogP contribution in [0, 0.1) is 0 Å². The molecule has 2 heterocycles. The van der Waals surface area contributed by atoms with E-state index in [9.17, 15) is 18.0 Å². The number of nitrogens with zero attached hydrogens (tertiary/aromatic N) is 4. The van der Waals surface area contributed by atoms with Gasteiger partial charge in [0, 0.05) is 45.0 Å². The molecule has 1 amide bonds. The highest BCUT2D eigenvalue weighted by molar-refractivity contribution is 5.94. The first-order valence-electron chi connectivity index (χ1n) is 12.9. The number of aliphatic imine (C=N–C) groups is 1. The van der Waals surface area contributed by atoms with Gasteiger partial charge < -0.3 is 15.4 Å². The van der Waals surface area contributed by atoms with Crippen molar-refractivity contribution in [3.05, 3.63) is 83.0 Å². The first-order valence-corrected chi connectivity index (χ1v) is 12.9. The number of hydrogen-bond donors (Lipinski definition) is 1. The van der Waals surface area contributed by atoms with Crippen molar-refractivity contribution in [2.45, 2.75) is 32.0 Å². The molecule has 1 aliphatic rings. The summed E-state index contributed by atoms with van der Waals surface area (Å²) in [6.45, 7) is 8.58. The standard InChI is InChI=1S/C30H36F3N5O2/c1-20(19-38-16-13-23(14-17-38)22-6-8-24(9-7-22)29(39)37(4)5)18-21(2)25(12-15-35-3)26-10-11-27(34)36-28(26)40-30(31,32)33/h6-12,15,18,23H,2,13-14,16-17,19H2,1,3-5H3,(H2,34,36)/b20-18+,25-12+,35-15?. The Morgan fingerprint density at radius 3 is 2.42 bits per heavy atom. The Morgan fingerprint density at radius 2 is 1.85 bits per heavy atom. The van der Waals surface area contributed by atoms with Gasteiger partial charge in [-0.1, -0.05) is 30.4 Å². The third-order valence-electron chi connectivity index (χ3n) is 6.64. The number of ether oxygens (including phenoxy) is 1. The van der Waals surface area contributed by atoms with Gasteiger partial charge >= 0.3 is 6.36 Å². The minimum atomic E-state index is -4.93. The molecule has 0 aliphatic carbocycles. The SMILES string of the molecule is C=C(/C=C(\C)CN1CCC(c2ccc(C(=O)N(C)C)cc2)CC1)/C(=C\C=NC)c1ccc(N)nc1OC(F)(F)F. The molecule has 0 bridgehead atoms. The number of carbonyl (C=O) groups excluding carboxylic acids is 1. The van der Waals surface area contributed by atoms with E-state index in [-0.39, 0.29) is 17.3 Å². The summed E-state index contributed by atoms with van der Waals surface area (Å²) in [6, 6.07) is 10.7. The lowest BCUT2D eigenvalue weighted by molar-refractivity contribution is -0.276. The number of carbonyl (C=O) groups is 1. The van der Waals surface area contributed by atoms with E-state index < -0.39 is 12.2 Å². The number of allylic oxidation sites excluding steroid dienone is 4. The number of halogens is 3. The molecule has 0 atom stereocenters. The number of amides is 1. The quantitative estimate of drug-likeness (QED) is 0.316. The summed E-state index contributed by atoms with van der Waals surface area (Å²) in [5.74, 6) is -0.323. The van der Waals surface area contributed by atoms with Crippen molar-refractivity contribution >= 4 is 23.5 Å². The predicted octanol–water partition coefficient (Wildman–Crippen LogP) is 5.73. The Hall–Kier alpha value is -3.92. The number of nitrogen functional groups attached to an aromatic ring is 1. The number of anilines is 1. The lowest BCUT2D eigenvalue weighted by Gasteiger charge is -2.32. The van der Waals surface area contributed by atoms with Crippen LogP contribution in [-0.4, -0.2) is 74.0 Å². The normalized spacial score (nSPS) is 15.9. The van der Waals surface area contributed by atoms with Crippen LogP contribution in [-0.2, 0) is 0 Å². The first-order chi connectivity index (χ1) is 18.9. The average Bonchev–Trinajstić information content (AvgIpc) is 2.89. The highest BCUT2D eigenvalue weighted by atomic mass is 19.4. The molecule has 1 aliphatic heterocycles. The zero-order chi connectivity index (χ0) is 29.4. The number of aromatic nitrogens is 1. The minimum absolute atomic E-state index is 0.0121. The van der Waals surface area contributed by atoms with Gasteiger partial charge in [0.05, 0.1) is 0 Å². The number of benzene rings is 1. The fraction of sp³-hybridized carbons (Fsp3) is 0.367. The van der Waals surface area contributed by atoms with Crippen LogP contribution in [0.5, 0.6) is 5.88 Å². The number of nitrogens with two attached hydrogens (primary N) is 1. The highest BCUT2D eigenvalue weighted by Gasteiger charge is 2.33. The number of piperidine rings is 1. The van der Waals surface area contributed by atoms with E-state index in [0.717, 1.165) is 31.5 Å². The van der Waals surface area contributed by atoms with Crippen LogP contribution in [0.25, 0.3) is 5.57 Å². The van der Waals surface area contributed by atoms with Gasteiger partial charge in [-0.2, -0.15) is 4.98 Å². The number of likely N-dealkylation sites (tertiary alicyclic amines) is 1. The molecule has 0 spiro atoms. The fourth-order valence-electron chi connectivity index (χ4n) is 4.72. The summed E-state index contributed by atoms with van der Waals surface area (Å²) >= 11 is 0. The Morgan fingerprint density at radius 1 is 1.20 bits per heavy atom. The van der Waals surface area contributed by atoms with Crippen LogP contribution in [0.1, 0.15) is 47.2 Å². The number of pyridine rings is 1. The Bertz CT molecular complexity index is 1290. The van der Waals surface area contributed by atoms with Gasteiger partial charge in [0.2, 0.25) is 5.88 Å². The molecule has 1 saturated heterocycles. The van der Waals surface area contributed by atoms with E-state index in [2.05, 4.69) is 26.2 Å². The van der Waals surface area contributed by atoms with E-state index in [1.807, 2.05) is 37.3 Å². The second-order valence-corrected chi connectivity index (χ2v) is 10.0. The summed E-state index contributed by atoms with van der Waals surface area (Å²) in [5, 5.41) is 0. The summed E-state index contributed by atoms with van der Waals surface area (Å²) in [6.07, 6.45) is 1.96. The van der Waals surface area contributed by atoms with Crippen LogP contribution in [0.2, 0.25) is 0 Å². The van der Waals surface area contributed by atoms with Crippen LogP contribution in [0.3, 0.4) is 0 Å². The van der Waals surface area contributed by atoms with Crippen molar-refractivity contribution in [2.75, 3.05) is 46.5 Å². The van der Waals surface area contributed by atoms with Gasteiger partial charge in [-0.05, 0) is 85.8 Å². The predicted molar refractivity (Wildman–Crippen MR) is 153 cm³/mol. The lowest BCUT2D eigenvalue weighted by Crippen LogP contribution is -2.34. The van der Waals surface area contributed by atoms with Gasteiger partial charge in [-0.25, -0.2) is 0 Å². The maximum absolute atomic E-state index is 13.1. The Balaban J connectivity index is 1.68. The zero-order valence-corrected chi connectivity index (χ0v) is 23.3. The molecule has 0 saturated carbocycles. The smallest absolute Gasteiger partial charge is 0.387 e. The third-order valence-corrected chi connectivity index (χ3v) is 6.64. The van der Waals surface area contributed by atoms with E-state index in [1.165, 1.54) is 23.9 Å². The molecule has 10 heteroatoms. The van der Waals surface area contributed by atoms with Crippen LogP contribution in [0.15, 0.2) is 71.3 Å². The van der Waals surface area contributed by atoms with E-state index in [4.69, 9.17) is 5.73 Å². The molecule has 40 heavy (non-hydrogen) atoms. The van der Waals surface area contributed by atoms with Crippen molar-refractivity contribution in [1.29, 1.82) is 0 Å². The van der Waals surface area contributed by atoms with Gasteiger partial charge in [0.1, 0.15) is 5.82 Å². The summed E-state index contributed by atoms with van der Waals surface area (Å²) < 4.78 is 43.3. The molecule has 1 aromatic carbocycles. The monoisotopic (exact) mass is 555 g/mol. The van der Waals surface area contributed by atoms with Gasteiger partial charge in [-0.3, -0.25) is 14.7 Å². The molecule has 0 unspecified atom stereocenters. The summed E-state index contributed by atoms with van der Waals surface area (Å²) in [5.41, 5.74) is 9.55. The topological polar surface area (TPSA) is 84.1 Å². The van der Waals surface area contributed by atoms with Crippen molar-refractivity contribution in [3.63, 3.8) is 0 Å². The molecule has 3 rings (SSSR count). The van der Waals surface area contributed by atoms with Crippen molar-refractivity contribution in [3.8, 4) is 5.88 Å². The molecule has 2 aromatic rings.